The van der Waals surface area contributed by atoms with E-state index in [1.165, 1.54) is 30.3 Å². The van der Waals surface area contributed by atoms with Gasteiger partial charge in [0.1, 0.15) is 4.21 Å². The van der Waals surface area contributed by atoms with Gasteiger partial charge in [-0.25, -0.2) is 16.8 Å². The highest BCUT2D eigenvalue weighted by Crippen LogP contribution is 2.31. The van der Waals surface area contributed by atoms with Crippen molar-refractivity contribution >= 4 is 54.6 Å². The van der Waals surface area contributed by atoms with Crippen LogP contribution >= 0.6 is 22.9 Å². The second kappa shape index (κ2) is 4.84. The Balaban J connectivity index is 1.97. The zero-order chi connectivity index (χ0) is 15.3. The molecule has 1 aromatic carbocycles. The van der Waals surface area contributed by atoms with Crippen LogP contribution in [0.25, 0.3) is 6.08 Å². The van der Waals surface area contributed by atoms with E-state index in [2.05, 4.69) is 4.72 Å². The second-order valence-corrected chi connectivity index (χ2v) is 9.69. The van der Waals surface area contributed by atoms with E-state index in [-0.39, 0.29) is 14.8 Å². The summed E-state index contributed by atoms with van der Waals surface area (Å²) in [5.41, 5.74) is 0.725. The number of halogens is 1. The largest absolute Gasteiger partial charge is 0.279 e. The van der Waals surface area contributed by atoms with E-state index in [4.69, 9.17) is 11.6 Å². The molecule has 1 N–H and O–H groups in total. The van der Waals surface area contributed by atoms with Crippen molar-refractivity contribution in [3.05, 3.63) is 45.6 Å². The van der Waals surface area contributed by atoms with Gasteiger partial charge >= 0.3 is 0 Å². The van der Waals surface area contributed by atoms with Crippen molar-refractivity contribution < 1.29 is 16.8 Å². The second-order valence-electron chi connectivity index (χ2n) is 4.26. The summed E-state index contributed by atoms with van der Waals surface area (Å²) in [6.45, 7) is 0. The Morgan fingerprint density at radius 1 is 1.14 bits per heavy atom. The average molecular weight is 362 g/mol. The zero-order valence-corrected chi connectivity index (χ0v) is 13.5. The molecule has 5 nitrogen and oxygen atoms in total. The van der Waals surface area contributed by atoms with E-state index in [9.17, 15) is 16.8 Å². The van der Waals surface area contributed by atoms with Crippen LogP contribution in [0.4, 0.5) is 5.69 Å². The summed E-state index contributed by atoms with van der Waals surface area (Å²) in [5.74, 6) is 0. The first-order valence-electron chi connectivity index (χ1n) is 5.63. The third kappa shape index (κ3) is 2.71. The maximum absolute atomic E-state index is 12.2. The Morgan fingerprint density at radius 2 is 1.90 bits per heavy atom. The van der Waals surface area contributed by atoms with Crippen LogP contribution < -0.4 is 4.72 Å². The smallest absolute Gasteiger partial charge is 0.271 e. The molecule has 9 heteroatoms. The molecule has 0 atom stereocenters. The lowest BCUT2D eigenvalue weighted by atomic mass is 10.2. The molecule has 1 aliphatic heterocycles. The van der Waals surface area contributed by atoms with Crippen LogP contribution in [-0.2, 0) is 19.9 Å². The molecule has 0 amide bonds. The molecule has 110 valence electrons. The summed E-state index contributed by atoms with van der Waals surface area (Å²) >= 11 is 6.65. The molecule has 0 saturated carbocycles. The molecule has 1 aromatic heterocycles. The summed E-state index contributed by atoms with van der Waals surface area (Å²) in [6.07, 6.45) is 1.47. The fourth-order valence-corrected chi connectivity index (χ4v) is 5.63. The maximum Gasteiger partial charge on any atom is 0.271 e. The maximum atomic E-state index is 12.2. The van der Waals surface area contributed by atoms with Crippen molar-refractivity contribution in [1.82, 2.24) is 0 Å². The van der Waals surface area contributed by atoms with Crippen LogP contribution in [0.2, 0.25) is 4.34 Å². The molecule has 3 rings (SSSR count). The molecule has 21 heavy (non-hydrogen) atoms. The van der Waals surface area contributed by atoms with Gasteiger partial charge in [-0.05, 0) is 35.9 Å². The molecule has 0 aliphatic carbocycles. The van der Waals surface area contributed by atoms with Gasteiger partial charge in [0.15, 0.2) is 0 Å². The van der Waals surface area contributed by atoms with E-state index >= 15 is 0 Å². The minimum Gasteiger partial charge on any atom is -0.279 e. The SMILES string of the molecule is O=S1(=O)C=Cc2ccc(NS(=O)(=O)c3ccc(Cl)s3)cc21. The number of hydrogen-bond acceptors (Lipinski definition) is 5. The van der Waals surface area contributed by atoms with Gasteiger partial charge in [-0.2, -0.15) is 0 Å². The summed E-state index contributed by atoms with van der Waals surface area (Å²) in [6, 6.07) is 7.24. The Bertz CT molecular complexity index is 958. The van der Waals surface area contributed by atoms with Crippen LogP contribution in [0.15, 0.2) is 44.8 Å². The number of anilines is 1. The van der Waals surface area contributed by atoms with Gasteiger partial charge < -0.3 is 0 Å². The highest BCUT2D eigenvalue weighted by Gasteiger charge is 2.23. The van der Waals surface area contributed by atoms with Gasteiger partial charge in [0.05, 0.1) is 14.9 Å². The number of sulfonamides is 1. The van der Waals surface area contributed by atoms with Crippen LogP contribution in [-0.4, -0.2) is 16.8 Å². The Labute approximate surface area is 130 Å². The fraction of sp³-hybridized carbons (Fsp3) is 0. The van der Waals surface area contributed by atoms with Crippen molar-refractivity contribution in [3.8, 4) is 0 Å². The fourth-order valence-electron chi connectivity index (χ4n) is 1.87. The quantitative estimate of drug-likeness (QED) is 0.911. The number of hydrogen-bond donors (Lipinski definition) is 1. The first-order chi connectivity index (χ1) is 9.78. The molecule has 0 unspecified atom stereocenters. The summed E-state index contributed by atoms with van der Waals surface area (Å²) in [7, 11) is -7.26. The highest BCUT2D eigenvalue weighted by molar-refractivity contribution is 7.95. The number of fused-ring (bicyclic) bond motifs is 1. The Kier molecular flexibility index (Phi) is 3.36. The lowest BCUT2D eigenvalue weighted by Gasteiger charge is -2.08. The topological polar surface area (TPSA) is 80.3 Å². The van der Waals surface area contributed by atoms with E-state index in [0.29, 0.717) is 9.90 Å². The molecule has 0 bridgehead atoms. The standard InChI is InChI=1S/C12H8ClNO4S3/c13-11-3-4-12(19-11)21(17,18)14-9-2-1-8-5-6-20(15,16)10(8)7-9/h1-7,14H. The molecular formula is C12H8ClNO4S3. The summed E-state index contributed by atoms with van der Waals surface area (Å²) < 4.78 is 50.6. The Morgan fingerprint density at radius 3 is 2.57 bits per heavy atom. The van der Waals surface area contributed by atoms with Crippen molar-refractivity contribution in [2.45, 2.75) is 9.10 Å². The van der Waals surface area contributed by atoms with E-state index in [0.717, 1.165) is 16.7 Å². The van der Waals surface area contributed by atoms with Gasteiger partial charge in [0.25, 0.3) is 10.0 Å². The van der Waals surface area contributed by atoms with Crippen LogP contribution in [0.5, 0.6) is 0 Å². The van der Waals surface area contributed by atoms with E-state index in [1.807, 2.05) is 0 Å². The first-order valence-corrected chi connectivity index (χ1v) is 9.86. The molecule has 0 spiro atoms. The molecule has 1 aliphatic rings. The molecule has 2 heterocycles. The predicted molar refractivity (Wildman–Crippen MR) is 82.8 cm³/mol. The van der Waals surface area contributed by atoms with Crippen LogP contribution in [0.3, 0.4) is 0 Å². The van der Waals surface area contributed by atoms with Gasteiger partial charge in [0, 0.05) is 5.41 Å². The highest BCUT2D eigenvalue weighted by atomic mass is 35.5. The van der Waals surface area contributed by atoms with Crippen LogP contribution in [0, 0.1) is 0 Å². The van der Waals surface area contributed by atoms with E-state index in [1.54, 1.807) is 6.07 Å². The van der Waals surface area contributed by atoms with Gasteiger partial charge in [-0.15, -0.1) is 11.3 Å². The third-order valence-electron chi connectivity index (χ3n) is 2.81. The molecular weight excluding hydrogens is 354 g/mol. The van der Waals surface area contributed by atoms with Gasteiger partial charge in [-0.1, -0.05) is 17.7 Å². The number of nitrogens with one attached hydrogen (secondary N) is 1. The Hall–Kier alpha value is -1.35. The monoisotopic (exact) mass is 361 g/mol. The normalized spacial score (nSPS) is 15.9. The minimum atomic E-state index is -3.78. The lowest BCUT2D eigenvalue weighted by Crippen LogP contribution is -2.11. The van der Waals surface area contributed by atoms with Crippen molar-refractivity contribution in [1.29, 1.82) is 0 Å². The number of sulfone groups is 1. The first kappa shape index (κ1) is 14.6. The average Bonchev–Trinajstić information content (AvgIpc) is 2.95. The summed E-state index contributed by atoms with van der Waals surface area (Å²) in [4.78, 5) is 0.0897. The number of rotatable bonds is 3. The predicted octanol–water partition coefficient (Wildman–Crippen LogP) is 2.96. The van der Waals surface area contributed by atoms with Gasteiger partial charge in [0.2, 0.25) is 9.84 Å². The molecule has 0 radical (unpaired) electrons. The molecule has 2 aromatic rings. The third-order valence-corrected chi connectivity index (χ3v) is 7.38. The molecule has 0 saturated heterocycles. The zero-order valence-electron chi connectivity index (χ0n) is 10.3. The van der Waals surface area contributed by atoms with Gasteiger partial charge in [-0.3, -0.25) is 4.72 Å². The lowest BCUT2D eigenvalue weighted by molar-refractivity contribution is 0.601. The van der Waals surface area contributed by atoms with Crippen molar-refractivity contribution in [2.24, 2.45) is 0 Å². The van der Waals surface area contributed by atoms with Crippen LogP contribution in [0.1, 0.15) is 5.56 Å². The molecule has 0 fully saturated rings. The number of thiophene rings is 1. The van der Waals surface area contributed by atoms with Crippen molar-refractivity contribution in [3.63, 3.8) is 0 Å². The van der Waals surface area contributed by atoms with Crippen molar-refractivity contribution in [2.75, 3.05) is 4.72 Å². The minimum absolute atomic E-state index is 0.0639. The summed E-state index contributed by atoms with van der Waals surface area (Å²) in [5, 5.41) is 1.09. The van der Waals surface area contributed by atoms with E-state index < -0.39 is 19.9 Å². The number of benzene rings is 1.